The second-order valence-corrected chi connectivity index (χ2v) is 5.90. The number of fused-ring (bicyclic) bond motifs is 1. The van der Waals surface area contributed by atoms with Crippen molar-refractivity contribution in [2.45, 2.75) is 19.9 Å². The lowest BCUT2D eigenvalue weighted by atomic mass is 10.2. The van der Waals surface area contributed by atoms with Gasteiger partial charge in [-0.2, -0.15) is 0 Å². The maximum atomic E-state index is 5.68. The monoisotopic (exact) mass is 344 g/mol. The second-order valence-electron chi connectivity index (χ2n) is 4.98. The predicted octanol–water partition coefficient (Wildman–Crippen LogP) is 4.64. The van der Waals surface area contributed by atoms with Crippen LogP contribution in [0.3, 0.4) is 0 Å². The van der Waals surface area contributed by atoms with E-state index < -0.39 is 0 Å². The second kappa shape index (κ2) is 6.31. The van der Waals surface area contributed by atoms with Crippen LogP contribution in [0.15, 0.2) is 53.3 Å². The molecule has 0 aliphatic rings. The number of halogens is 1. The fourth-order valence-electron chi connectivity index (χ4n) is 2.30. The molecule has 0 amide bonds. The van der Waals surface area contributed by atoms with Gasteiger partial charge in [-0.15, -0.1) is 0 Å². The van der Waals surface area contributed by atoms with Gasteiger partial charge in [0, 0.05) is 27.8 Å². The predicted molar refractivity (Wildman–Crippen MR) is 88.8 cm³/mol. The van der Waals surface area contributed by atoms with Crippen LogP contribution in [-0.4, -0.2) is 16.2 Å². The van der Waals surface area contributed by atoms with Gasteiger partial charge in [-0.1, -0.05) is 6.92 Å². The van der Waals surface area contributed by atoms with Gasteiger partial charge in [-0.05, 0) is 58.7 Å². The Labute approximate surface area is 132 Å². The van der Waals surface area contributed by atoms with Crippen molar-refractivity contribution in [1.82, 2.24) is 9.55 Å². The Hall–Kier alpha value is -1.81. The van der Waals surface area contributed by atoms with Crippen molar-refractivity contribution in [2.24, 2.45) is 0 Å². The third-order valence-electron chi connectivity index (χ3n) is 3.34. The quantitative estimate of drug-likeness (QED) is 0.674. The van der Waals surface area contributed by atoms with Crippen molar-refractivity contribution >= 4 is 26.8 Å². The zero-order valence-electron chi connectivity index (χ0n) is 11.9. The van der Waals surface area contributed by atoms with Crippen molar-refractivity contribution in [3.63, 3.8) is 0 Å². The summed E-state index contributed by atoms with van der Waals surface area (Å²) in [6, 6.07) is 12.4. The largest absolute Gasteiger partial charge is 0.494 e. The van der Waals surface area contributed by atoms with Crippen LogP contribution in [0.1, 0.15) is 19.0 Å². The van der Waals surface area contributed by atoms with E-state index in [1.165, 1.54) is 10.9 Å². The molecular formula is C17H17BrN2O. The molecule has 1 aromatic carbocycles. The Balaban J connectivity index is 1.84. The first-order chi connectivity index (χ1) is 10.3. The van der Waals surface area contributed by atoms with Gasteiger partial charge >= 0.3 is 0 Å². The van der Waals surface area contributed by atoms with Gasteiger partial charge in [0.1, 0.15) is 5.75 Å². The molecular weight excluding hydrogens is 328 g/mol. The van der Waals surface area contributed by atoms with Crippen molar-refractivity contribution in [3.05, 3.63) is 59.0 Å². The molecule has 0 saturated heterocycles. The minimum Gasteiger partial charge on any atom is -0.494 e. The van der Waals surface area contributed by atoms with Crippen LogP contribution in [0.4, 0.5) is 0 Å². The molecule has 3 nitrogen and oxygen atoms in total. The number of nitrogens with zero attached hydrogens (tertiary/aromatic N) is 2. The molecule has 108 valence electrons. The molecule has 21 heavy (non-hydrogen) atoms. The lowest BCUT2D eigenvalue weighted by molar-refractivity contribution is 0.318. The SMILES string of the molecule is CCCOc1ccc2c(ccn2Cc2ccc(Br)cn2)c1. The minimum atomic E-state index is 0.759. The van der Waals surface area contributed by atoms with Crippen LogP contribution in [-0.2, 0) is 6.54 Å². The van der Waals surface area contributed by atoms with E-state index in [1.54, 1.807) is 0 Å². The number of rotatable bonds is 5. The number of aromatic nitrogens is 2. The van der Waals surface area contributed by atoms with Crippen LogP contribution in [0, 0.1) is 0 Å². The van der Waals surface area contributed by atoms with Crippen LogP contribution >= 0.6 is 15.9 Å². The highest BCUT2D eigenvalue weighted by Crippen LogP contribution is 2.23. The van der Waals surface area contributed by atoms with E-state index >= 15 is 0 Å². The number of hydrogen-bond donors (Lipinski definition) is 0. The molecule has 2 heterocycles. The summed E-state index contributed by atoms with van der Waals surface area (Å²) < 4.78 is 8.88. The average molecular weight is 345 g/mol. The van der Waals surface area contributed by atoms with Crippen molar-refractivity contribution in [3.8, 4) is 5.75 Å². The number of ether oxygens (including phenoxy) is 1. The van der Waals surface area contributed by atoms with E-state index in [0.717, 1.165) is 35.5 Å². The van der Waals surface area contributed by atoms with Crippen LogP contribution in [0.2, 0.25) is 0 Å². The van der Waals surface area contributed by atoms with Crippen LogP contribution in [0.25, 0.3) is 10.9 Å². The highest BCUT2D eigenvalue weighted by atomic mass is 79.9. The summed E-state index contributed by atoms with van der Waals surface area (Å²) in [4.78, 5) is 4.43. The van der Waals surface area contributed by atoms with Gasteiger partial charge in [0.15, 0.2) is 0 Å². The average Bonchev–Trinajstić information content (AvgIpc) is 2.90. The lowest BCUT2D eigenvalue weighted by Crippen LogP contribution is -2.00. The van der Waals surface area contributed by atoms with Crippen LogP contribution < -0.4 is 4.74 Å². The first-order valence-corrected chi connectivity index (χ1v) is 7.87. The van der Waals surface area contributed by atoms with E-state index in [1.807, 2.05) is 24.4 Å². The smallest absolute Gasteiger partial charge is 0.120 e. The normalized spacial score (nSPS) is 11.0. The third kappa shape index (κ3) is 3.27. The summed E-state index contributed by atoms with van der Waals surface area (Å²) in [5.41, 5.74) is 2.24. The van der Waals surface area contributed by atoms with E-state index in [0.29, 0.717) is 0 Å². The molecule has 0 saturated carbocycles. The molecule has 0 bridgehead atoms. The fourth-order valence-corrected chi connectivity index (χ4v) is 2.53. The summed E-state index contributed by atoms with van der Waals surface area (Å²) in [5, 5.41) is 1.20. The summed E-state index contributed by atoms with van der Waals surface area (Å²) in [5.74, 6) is 0.934. The van der Waals surface area contributed by atoms with Gasteiger partial charge in [0.2, 0.25) is 0 Å². The van der Waals surface area contributed by atoms with Crippen molar-refractivity contribution in [2.75, 3.05) is 6.61 Å². The Bertz CT molecular complexity index is 734. The summed E-state index contributed by atoms with van der Waals surface area (Å²) in [6.07, 6.45) is 4.95. The fraction of sp³-hybridized carbons (Fsp3) is 0.235. The standard InChI is InChI=1S/C17H17BrN2O/c1-2-9-21-16-5-6-17-13(10-16)7-8-20(17)12-15-4-3-14(18)11-19-15/h3-8,10-11H,2,9,12H2,1H3. The van der Waals surface area contributed by atoms with E-state index in [2.05, 4.69) is 56.8 Å². The Morgan fingerprint density at radius 1 is 1.19 bits per heavy atom. The number of pyridine rings is 1. The molecule has 0 fully saturated rings. The molecule has 4 heteroatoms. The van der Waals surface area contributed by atoms with E-state index in [9.17, 15) is 0 Å². The lowest BCUT2D eigenvalue weighted by Gasteiger charge is -2.07. The first-order valence-electron chi connectivity index (χ1n) is 7.08. The summed E-state index contributed by atoms with van der Waals surface area (Å²) in [7, 11) is 0. The first kappa shape index (κ1) is 14.1. The van der Waals surface area contributed by atoms with E-state index in [4.69, 9.17) is 4.74 Å². The molecule has 2 aromatic heterocycles. The maximum Gasteiger partial charge on any atom is 0.120 e. The van der Waals surface area contributed by atoms with Gasteiger partial charge in [0.05, 0.1) is 18.8 Å². The molecule has 0 atom stereocenters. The minimum absolute atomic E-state index is 0.759. The van der Waals surface area contributed by atoms with Gasteiger partial charge in [-0.3, -0.25) is 4.98 Å². The summed E-state index contributed by atoms with van der Waals surface area (Å²) >= 11 is 3.41. The molecule has 0 unspecified atom stereocenters. The Morgan fingerprint density at radius 2 is 2.10 bits per heavy atom. The summed E-state index contributed by atoms with van der Waals surface area (Å²) in [6.45, 7) is 3.64. The van der Waals surface area contributed by atoms with Gasteiger partial charge in [-0.25, -0.2) is 0 Å². The van der Waals surface area contributed by atoms with Gasteiger partial charge < -0.3 is 9.30 Å². The van der Waals surface area contributed by atoms with Crippen LogP contribution in [0.5, 0.6) is 5.75 Å². The molecule has 3 aromatic rings. The topological polar surface area (TPSA) is 27.1 Å². The molecule has 0 spiro atoms. The highest BCUT2D eigenvalue weighted by Gasteiger charge is 2.04. The number of hydrogen-bond acceptors (Lipinski definition) is 2. The van der Waals surface area contributed by atoms with E-state index in [-0.39, 0.29) is 0 Å². The Morgan fingerprint density at radius 3 is 2.86 bits per heavy atom. The zero-order chi connectivity index (χ0) is 14.7. The Kier molecular flexibility index (Phi) is 4.25. The molecule has 0 aliphatic heterocycles. The highest BCUT2D eigenvalue weighted by molar-refractivity contribution is 9.10. The van der Waals surface area contributed by atoms with Gasteiger partial charge in [0.25, 0.3) is 0 Å². The molecule has 0 aliphatic carbocycles. The molecule has 0 N–H and O–H groups in total. The van der Waals surface area contributed by atoms with Crippen molar-refractivity contribution < 1.29 is 4.74 Å². The zero-order valence-corrected chi connectivity index (χ0v) is 13.5. The molecule has 3 rings (SSSR count). The van der Waals surface area contributed by atoms with Crippen molar-refractivity contribution in [1.29, 1.82) is 0 Å². The molecule has 0 radical (unpaired) electrons. The number of benzene rings is 1. The maximum absolute atomic E-state index is 5.68. The third-order valence-corrected chi connectivity index (χ3v) is 3.81.